The van der Waals surface area contributed by atoms with Crippen LogP contribution in [-0.2, 0) is 28.7 Å². The summed E-state index contributed by atoms with van der Waals surface area (Å²) in [5.74, 6) is -1.83. The number of hydrogen-bond donors (Lipinski definition) is 1. The highest BCUT2D eigenvalue weighted by atomic mass is 16.5. The molecule has 8 atom stereocenters. The highest BCUT2D eigenvalue weighted by molar-refractivity contribution is 6.08. The Kier molecular flexibility index (Phi) is 6.45. The normalized spacial score (nSPS) is 45.5. The Morgan fingerprint density at radius 2 is 1.56 bits per heavy atom. The van der Waals surface area contributed by atoms with Gasteiger partial charge in [0.1, 0.15) is 11.5 Å². The molecule has 0 amide bonds. The number of ketones is 1. The van der Waals surface area contributed by atoms with Gasteiger partial charge in [0.05, 0.1) is 13.5 Å². The molecule has 4 fully saturated rings. The third-order valence-corrected chi connectivity index (χ3v) is 12.0. The minimum atomic E-state index is -1.58. The molecule has 0 unspecified atom stereocenters. The van der Waals surface area contributed by atoms with Gasteiger partial charge in [-0.2, -0.15) is 0 Å². The molecule has 7 nitrogen and oxygen atoms in total. The van der Waals surface area contributed by atoms with E-state index in [1.54, 1.807) is 0 Å². The van der Waals surface area contributed by atoms with Crippen molar-refractivity contribution in [1.82, 2.24) is 0 Å². The summed E-state index contributed by atoms with van der Waals surface area (Å²) in [5.41, 5.74) is -2.08. The van der Waals surface area contributed by atoms with Gasteiger partial charge in [-0.15, -0.1) is 0 Å². The molecule has 4 saturated carbocycles. The van der Waals surface area contributed by atoms with Gasteiger partial charge in [0.15, 0.2) is 5.78 Å². The van der Waals surface area contributed by atoms with Gasteiger partial charge in [0, 0.05) is 18.3 Å². The quantitative estimate of drug-likeness (QED) is 0.415. The van der Waals surface area contributed by atoms with E-state index >= 15 is 0 Å². The number of carbonyl (C=O) groups is 4. The lowest BCUT2D eigenvalue weighted by atomic mass is 9.33. The average molecular weight is 505 g/mol. The molecule has 0 spiro atoms. The Morgan fingerprint density at radius 1 is 0.889 bits per heavy atom. The molecule has 0 saturated heterocycles. The van der Waals surface area contributed by atoms with Crippen molar-refractivity contribution < 1.29 is 33.8 Å². The minimum Gasteiger partial charge on any atom is -0.481 e. The second kappa shape index (κ2) is 8.56. The first-order valence-corrected chi connectivity index (χ1v) is 13.6. The molecule has 0 bridgehead atoms. The van der Waals surface area contributed by atoms with Crippen LogP contribution in [0.2, 0.25) is 0 Å². The van der Waals surface area contributed by atoms with Gasteiger partial charge in [-0.25, -0.2) is 0 Å². The number of carboxylic acid groups (broad SMARTS) is 1. The van der Waals surface area contributed by atoms with Crippen molar-refractivity contribution in [2.75, 3.05) is 7.11 Å². The molecule has 0 aromatic heterocycles. The molecule has 36 heavy (non-hydrogen) atoms. The van der Waals surface area contributed by atoms with Crippen molar-refractivity contribution in [2.24, 2.45) is 44.8 Å². The van der Waals surface area contributed by atoms with Crippen LogP contribution in [-0.4, -0.2) is 42.0 Å². The topological polar surface area (TPSA) is 107 Å². The predicted octanol–water partition coefficient (Wildman–Crippen LogP) is 5.19. The van der Waals surface area contributed by atoms with Crippen LogP contribution in [0.5, 0.6) is 0 Å². The standard InChI is InChI=1S/C29H44O7/c1-17(30)36-21-11-12-26(4)19(25(21,2)3)10-13-28(6)20(26)9-8-18-23(33)29(16-22(31)32,24(34)35-7)15-14-27(18,28)5/h18-21H,8-16H2,1-7H3,(H,31,32)/t18-,19+,20-,21+,26+,27-,28-,29-/m1/s1. The molecule has 0 heterocycles. The second-order valence-corrected chi connectivity index (χ2v) is 13.6. The van der Waals surface area contributed by atoms with Crippen molar-refractivity contribution in [2.45, 2.75) is 105 Å². The van der Waals surface area contributed by atoms with E-state index in [0.717, 1.165) is 32.1 Å². The summed E-state index contributed by atoms with van der Waals surface area (Å²) in [5, 5.41) is 9.59. The lowest BCUT2D eigenvalue weighted by molar-refractivity contribution is -0.236. The number of Topliss-reactive ketones (excluding diaryl/α,β-unsaturated/α-hetero) is 1. The third-order valence-electron chi connectivity index (χ3n) is 12.0. The smallest absolute Gasteiger partial charge is 0.319 e. The van der Waals surface area contributed by atoms with E-state index in [0.29, 0.717) is 24.7 Å². The van der Waals surface area contributed by atoms with Gasteiger partial charge in [0.25, 0.3) is 0 Å². The summed E-state index contributed by atoms with van der Waals surface area (Å²) in [4.78, 5) is 50.4. The largest absolute Gasteiger partial charge is 0.481 e. The van der Waals surface area contributed by atoms with Gasteiger partial charge in [-0.3, -0.25) is 19.2 Å². The molecule has 0 aromatic rings. The molecule has 4 aliphatic rings. The predicted molar refractivity (Wildman–Crippen MR) is 133 cm³/mol. The number of methoxy groups -OCH3 is 1. The first kappa shape index (κ1) is 27.1. The summed E-state index contributed by atoms with van der Waals surface area (Å²) in [6.45, 7) is 13.0. The number of aliphatic carboxylic acids is 1. The van der Waals surface area contributed by atoms with E-state index in [4.69, 9.17) is 9.47 Å². The molecular formula is C29H44O7. The first-order valence-electron chi connectivity index (χ1n) is 13.6. The van der Waals surface area contributed by atoms with Gasteiger partial charge in [-0.1, -0.05) is 34.6 Å². The zero-order valence-electron chi connectivity index (χ0n) is 23.1. The maximum atomic E-state index is 14.0. The highest BCUT2D eigenvalue weighted by Gasteiger charge is 2.71. The molecule has 4 rings (SSSR count). The van der Waals surface area contributed by atoms with Crippen molar-refractivity contribution in [3.05, 3.63) is 0 Å². The van der Waals surface area contributed by atoms with Crippen LogP contribution in [0.1, 0.15) is 99.3 Å². The summed E-state index contributed by atoms with van der Waals surface area (Å²) < 4.78 is 10.8. The van der Waals surface area contributed by atoms with Crippen LogP contribution in [0.25, 0.3) is 0 Å². The van der Waals surface area contributed by atoms with Crippen molar-refractivity contribution >= 4 is 23.7 Å². The molecular weight excluding hydrogens is 460 g/mol. The fourth-order valence-corrected chi connectivity index (χ4v) is 10.0. The van der Waals surface area contributed by atoms with Gasteiger partial charge in [0.2, 0.25) is 0 Å². The molecule has 202 valence electrons. The number of fused-ring (bicyclic) bond motifs is 5. The number of rotatable bonds is 4. The van der Waals surface area contributed by atoms with Gasteiger partial charge < -0.3 is 14.6 Å². The third kappa shape index (κ3) is 3.50. The average Bonchev–Trinajstić information content (AvgIpc) is 2.77. The number of ether oxygens (including phenoxy) is 2. The van der Waals surface area contributed by atoms with Gasteiger partial charge >= 0.3 is 17.9 Å². The van der Waals surface area contributed by atoms with Crippen LogP contribution < -0.4 is 0 Å². The second-order valence-electron chi connectivity index (χ2n) is 13.6. The van der Waals surface area contributed by atoms with E-state index in [1.165, 1.54) is 14.0 Å². The fraction of sp³-hybridized carbons (Fsp3) is 0.862. The molecule has 0 aliphatic heterocycles. The number of carboxylic acids is 1. The maximum Gasteiger partial charge on any atom is 0.319 e. The number of carbonyl (C=O) groups excluding carboxylic acids is 3. The van der Waals surface area contributed by atoms with E-state index in [9.17, 15) is 24.3 Å². The van der Waals surface area contributed by atoms with Crippen molar-refractivity contribution in [3.8, 4) is 0 Å². The highest BCUT2D eigenvalue weighted by Crippen LogP contribution is 2.74. The van der Waals surface area contributed by atoms with E-state index < -0.39 is 23.8 Å². The van der Waals surface area contributed by atoms with E-state index in [-0.39, 0.29) is 51.9 Å². The Morgan fingerprint density at radius 3 is 2.14 bits per heavy atom. The Bertz CT molecular complexity index is 971. The van der Waals surface area contributed by atoms with Crippen LogP contribution in [0.3, 0.4) is 0 Å². The molecule has 4 aliphatic carbocycles. The Hall–Kier alpha value is -1.92. The van der Waals surface area contributed by atoms with Crippen LogP contribution in [0, 0.1) is 44.8 Å². The van der Waals surface area contributed by atoms with Crippen LogP contribution in [0.4, 0.5) is 0 Å². The number of esters is 2. The molecule has 7 heteroatoms. The van der Waals surface area contributed by atoms with Gasteiger partial charge in [-0.05, 0) is 79.4 Å². The van der Waals surface area contributed by atoms with Crippen molar-refractivity contribution in [1.29, 1.82) is 0 Å². The zero-order valence-corrected chi connectivity index (χ0v) is 23.1. The monoisotopic (exact) mass is 504 g/mol. The molecule has 1 N–H and O–H groups in total. The summed E-state index contributed by atoms with van der Waals surface area (Å²) in [6.07, 6.45) is 5.63. The summed E-state index contributed by atoms with van der Waals surface area (Å²) in [6, 6.07) is 0. The lowest BCUT2D eigenvalue weighted by Crippen LogP contribution is -2.67. The Labute approximate surface area is 215 Å². The minimum absolute atomic E-state index is 0.0577. The Balaban J connectivity index is 1.69. The first-order chi connectivity index (χ1) is 16.6. The van der Waals surface area contributed by atoms with Crippen LogP contribution in [0.15, 0.2) is 0 Å². The van der Waals surface area contributed by atoms with E-state index in [2.05, 4.69) is 34.6 Å². The van der Waals surface area contributed by atoms with Crippen molar-refractivity contribution in [3.63, 3.8) is 0 Å². The molecule has 0 radical (unpaired) electrons. The summed E-state index contributed by atoms with van der Waals surface area (Å²) in [7, 11) is 1.24. The fourth-order valence-electron chi connectivity index (χ4n) is 10.0. The maximum absolute atomic E-state index is 14.0. The zero-order chi connectivity index (χ0) is 26.9. The molecule has 0 aromatic carbocycles. The van der Waals surface area contributed by atoms with E-state index in [1.807, 2.05) is 0 Å². The summed E-state index contributed by atoms with van der Waals surface area (Å²) >= 11 is 0. The van der Waals surface area contributed by atoms with Crippen LogP contribution >= 0.6 is 0 Å². The SMILES string of the molecule is COC(=O)[C@@]1(CC(=O)O)CC[C@]2(C)[C@H](CC[C@@H]3[C@@]4(C)CC[C@H](OC(C)=O)C(C)(C)[C@@H]4CC[C@]32C)C1=O. The lowest BCUT2D eigenvalue weighted by Gasteiger charge is -2.71. The number of hydrogen-bond acceptors (Lipinski definition) is 6.